The van der Waals surface area contributed by atoms with Crippen LogP contribution in [0, 0.1) is 0 Å². The molecule has 0 bridgehead atoms. The molecular formula is C22H27N2O3+. The van der Waals surface area contributed by atoms with Gasteiger partial charge in [-0.05, 0) is 41.5 Å². The average Bonchev–Trinajstić information content (AvgIpc) is 3.17. The van der Waals surface area contributed by atoms with Crippen LogP contribution in [0.1, 0.15) is 27.0 Å². The van der Waals surface area contributed by atoms with E-state index in [-0.39, 0.29) is 5.91 Å². The van der Waals surface area contributed by atoms with E-state index in [1.165, 1.54) is 16.0 Å². The topological polar surface area (TPSA) is 43.2 Å². The Kier molecular flexibility index (Phi) is 5.41. The number of nitrogens with zero attached hydrogens (tertiary/aromatic N) is 1. The molecule has 2 aliphatic heterocycles. The number of methoxy groups -OCH3 is 1. The number of rotatable bonds is 5. The van der Waals surface area contributed by atoms with Crippen LogP contribution in [-0.4, -0.2) is 50.7 Å². The molecule has 0 unspecified atom stereocenters. The lowest BCUT2D eigenvalue weighted by molar-refractivity contribution is -0.917. The van der Waals surface area contributed by atoms with Crippen LogP contribution in [0.4, 0.5) is 0 Å². The van der Waals surface area contributed by atoms with E-state index in [2.05, 4.69) is 18.2 Å². The Morgan fingerprint density at radius 3 is 2.59 bits per heavy atom. The number of carbonyl (C=O) groups is 1. The molecule has 2 heterocycles. The number of amides is 1. The van der Waals surface area contributed by atoms with Crippen molar-refractivity contribution in [2.45, 2.75) is 19.6 Å². The number of hydrogen-bond acceptors (Lipinski definition) is 3. The van der Waals surface area contributed by atoms with Crippen molar-refractivity contribution >= 4 is 5.91 Å². The summed E-state index contributed by atoms with van der Waals surface area (Å²) in [7, 11) is 1.68. The lowest BCUT2D eigenvalue weighted by Gasteiger charge is -2.32. The minimum Gasteiger partial charge on any atom is -0.493 e. The Morgan fingerprint density at radius 1 is 1.11 bits per heavy atom. The predicted octanol–water partition coefficient (Wildman–Crippen LogP) is 1.31. The van der Waals surface area contributed by atoms with Crippen LogP contribution in [-0.2, 0) is 24.3 Å². The van der Waals surface area contributed by atoms with Gasteiger partial charge in [-0.2, -0.15) is 0 Å². The van der Waals surface area contributed by atoms with E-state index >= 15 is 0 Å². The molecule has 1 amide bonds. The second-order valence-electron chi connectivity index (χ2n) is 7.39. The average molecular weight is 367 g/mol. The minimum absolute atomic E-state index is 0.132. The highest BCUT2D eigenvalue weighted by Gasteiger charge is 2.25. The number of quaternary nitrogens is 1. The molecule has 2 aromatic rings. The SMILES string of the molecule is COCc1ccc(C(=O)N2CC[NH+](Cc3ccc4c(c3)CCO4)CC2)cc1. The third kappa shape index (κ3) is 4.15. The number of fused-ring (bicyclic) bond motifs is 1. The summed E-state index contributed by atoms with van der Waals surface area (Å²) in [5.74, 6) is 1.17. The molecule has 0 aromatic heterocycles. The molecule has 0 radical (unpaired) electrons. The van der Waals surface area contributed by atoms with E-state index in [1.807, 2.05) is 29.2 Å². The third-order valence-electron chi connectivity index (χ3n) is 5.48. The Morgan fingerprint density at radius 2 is 1.85 bits per heavy atom. The van der Waals surface area contributed by atoms with Gasteiger partial charge in [-0.3, -0.25) is 4.79 Å². The van der Waals surface area contributed by atoms with Crippen molar-refractivity contribution in [2.24, 2.45) is 0 Å². The fraction of sp³-hybridized carbons (Fsp3) is 0.409. The van der Waals surface area contributed by atoms with Crippen LogP contribution < -0.4 is 9.64 Å². The molecule has 27 heavy (non-hydrogen) atoms. The summed E-state index contributed by atoms with van der Waals surface area (Å²) in [6.07, 6.45) is 1.02. The minimum atomic E-state index is 0.132. The van der Waals surface area contributed by atoms with Gasteiger partial charge in [0, 0.05) is 24.7 Å². The Hall–Kier alpha value is -2.37. The van der Waals surface area contributed by atoms with E-state index in [9.17, 15) is 4.79 Å². The van der Waals surface area contributed by atoms with E-state index in [1.54, 1.807) is 7.11 Å². The highest BCUT2D eigenvalue weighted by Crippen LogP contribution is 2.25. The number of carbonyl (C=O) groups excluding carboxylic acids is 1. The maximum absolute atomic E-state index is 12.7. The quantitative estimate of drug-likeness (QED) is 0.867. The molecule has 0 atom stereocenters. The van der Waals surface area contributed by atoms with Crippen molar-refractivity contribution in [3.63, 3.8) is 0 Å². The van der Waals surface area contributed by atoms with E-state index in [0.29, 0.717) is 6.61 Å². The molecule has 2 aromatic carbocycles. The summed E-state index contributed by atoms with van der Waals surface area (Å²) in [6, 6.07) is 14.3. The van der Waals surface area contributed by atoms with Crippen LogP contribution in [0.5, 0.6) is 5.75 Å². The normalized spacial score (nSPS) is 16.9. The van der Waals surface area contributed by atoms with Crippen molar-refractivity contribution in [1.82, 2.24) is 4.90 Å². The molecule has 0 aliphatic carbocycles. The molecule has 142 valence electrons. The molecule has 4 rings (SSSR count). The smallest absolute Gasteiger partial charge is 0.254 e. The Balaban J connectivity index is 1.31. The second-order valence-corrected chi connectivity index (χ2v) is 7.39. The van der Waals surface area contributed by atoms with Crippen LogP contribution in [0.15, 0.2) is 42.5 Å². The van der Waals surface area contributed by atoms with E-state index in [0.717, 1.165) is 62.6 Å². The van der Waals surface area contributed by atoms with Gasteiger partial charge in [-0.1, -0.05) is 12.1 Å². The first-order valence-corrected chi connectivity index (χ1v) is 9.68. The van der Waals surface area contributed by atoms with Gasteiger partial charge in [0.1, 0.15) is 12.3 Å². The fourth-order valence-electron chi connectivity index (χ4n) is 3.93. The molecule has 0 saturated carbocycles. The molecule has 1 fully saturated rings. The van der Waals surface area contributed by atoms with Crippen molar-refractivity contribution < 1.29 is 19.2 Å². The first-order chi connectivity index (χ1) is 13.2. The monoisotopic (exact) mass is 367 g/mol. The van der Waals surface area contributed by atoms with Crippen LogP contribution in [0.3, 0.4) is 0 Å². The lowest BCUT2D eigenvalue weighted by atomic mass is 10.1. The predicted molar refractivity (Wildman–Crippen MR) is 103 cm³/mol. The van der Waals surface area contributed by atoms with Gasteiger partial charge in [0.2, 0.25) is 0 Å². The van der Waals surface area contributed by atoms with Gasteiger partial charge in [0.25, 0.3) is 5.91 Å². The highest BCUT2D eigenvalue weighted by molar-refractivity contribution is 5.94. The number of nitrogens with one attached hydrogen (secondary N) is 1. The maximum Gasteiger partial charge on any atom is 0.254 e. The summed E-state index contributed by atoms with van der Waals surface area (Å²) in [6.45, 7) is 5.98. The van der Waals surface area contributed by atoms with Gasteiger partial charge >= 0.3 is 0 Å². The molecule has 5 heteroatoms. The first-order valence-electron chi connectivity index (χ1n) is 9.68. The number of benzene rings is 2. The van der Waals surface area contributed by atoms with Crippen molar-refractivity contribution in [1.29, 1.82) is 0 Å². The summed E-state index contributed by atoms with van der Waals surface area (Å²) in [4.78, 5) is 16.2. The summed E-state index contributed by atoms with van der Waals surface area (Å²) < 4.78 is 10.7. The Bertz CT molecular complexity index is 796. The fourth-order valence-corrected chi connectivity index (χ4v) is 3.93. The molecule has 1 saturated heterocycles. The molecule has 0 spiro atoms. The zero-order chi connectivity index (χ0) is 18.6. The lowest BCUT2D eigenvalue weighted by Crippen LogP contribution is -3.13. The van der Waals surface area contributed by atoms with Crippen LogP contribution in [0.2, 0.25) is 0 Å². The van der Waals surface area contributed by atoms with Crippen molar-refractivity contribution in [2.75, 3.05) is 39.9 Å². The van der Waals surface area contributed by atoms with E-state index < -0.39 is 0 Å². The van der Waals surface area contributed by atoms with Gasteiger partial charge in [-0.25, -0.2) is 0 Å². The van der Waals surface area contributed by atoms with Gasteiger partial charge in [-0.15, -0.1) is 0 Å². The molecule has 5 nitrogen and oxygen atoms in total. The largest absolute Gasteiger partial charge is 0.493 e. The number of ether oxygens (including phenoxy) is 2. The summed E-state index contributed by atoms with van der Waals surface area (Å²) >= 11 is 0. The van der Waals surface area contributed by atoms with Crippen LogP contribution >= 0.6 is 0 Å². The summed E-state index contributed by atoms with van der Waals surface area (Å²) in [5.41, 5.74) is 4.54. The van der Waals surface area contributed by atoms with Crippen molar-refractivity contribution in [3.8, 4) is 5.75 Å². The van der Waals surface area contributed by atoms with E-state index in [4.69, 9.17) is 9.47 Å². The maximum atomic E-state index is 12.7. The number of hydrogen-bond donors (Lipinski definition) is 1. The third-order valence-corrected chi connectivity index (χ3v) is 5.48. The molecule has 1 N–H and O–H groups in total. The molecule has 2 aliphatic rings. The second kappa shape index (κ2) is 8.11. The standard InChI is InChI=1S/C22H26N2O3/c1-26-16-17-2-5-19(6-3-17)22(25)24-11-9-23(10-12-24)15-18-4-7-21-20(14-18)8-13-27-21/h2-7,14H,8-13,15-16H2,1H3/p+1. The summed E-state index contributed by atoms with van der Waals surface area (Å²) in [5, 5.41) is 0. The van der Waals surface area contributed by atoms with Gasteiger partial charge in [0.05, 0.1) is 39.4 Å². The number of piperazine rings is 1. The zero-order valence-corrected chi connectivity index (χ0v) is 15.9. The highest BCUT2D eigenvalue weighted by atomic mass is 16.5. The van der Waals surface area contributed by atoms with Gasteiger partial charge < -0.3 is 19.3 Å². The van der Waals surface area contributed by atoms with Gasteiger partial charge in [0.15, 0.2) is 0 Å². The van der Waals surface area contributed by atoms with Crippen molar-refractivity contribution in [3.05, 3.63) is 64.7 Å². The first kappa shape index (κ1) is 18.0. The molecular weight excluding hydrogens is 340 g/mol. The van der Waals surface area contributed by atoms with Crippen LogP contribution in [0.25, 0.3) is 0 Å². The Labute approximate surface area is 160 Å². The zero-order valence-electron chi connectivity index (χ0n) is 15.9.